The number of piperidine rings is 2. The summed E-state index contributed by atoms with van der Waals surface area (Å²) in [6.07, 6.45) is 5.98. The molecule has 0 saturated carbocycles. The average Bonchev–Trinajstić information content (AvgIpc) is 2.39. The molecule has 1 amide bonds. The van der Waals surface area contributed by atoms with E-state index in [-0.39, 0.29) is 6.09 Å². The van der Waals surface area contributed by atoms with Crippen LogP contribution in [0.25, 0.3) is 0 Å². The Balaban J connectivity index is 1.75. The fourth-order valence-corrected chi connectivity index (χ4v) is 3.15. The summed E-state index contributed by atoms with van der Waals surface area (Å²) >= 11 is 3.87. The lowest BCUT2D eigenvalue weighted by molar-refractivity contribution is 0.0334. The molecule has 0 unspecified atom stereocenters. The minimum Gasteiger partial charge on any atom is -0.331 e. The van der Waals surface area contributed by atoms with Crippen molar-refractivity contribution >= 4 is 51.8 Å². The highest BCUT2D eigenvalue weighted by atomic mass is 127. The van der Waals surface area contributed by atoms with Crippen LogP contribution >= 0.6 is 45.7 Å². The lowest BCUT2D eigenvalue weighted by atomic mass is 10.0. The van der Waals surface area contributed by atoms with Crippen LogP contribution in [-0.2, 0) is 4.84 Å². The monoisotopic (exact) mass is 479 g/mol. The van der Waals surface area contributed by atoms with Gasteiger partial charge < -0.3 is 14.6 Å². The summed E-state index contributed by atoms with van der Waals surface area (Å²) in [6, 6.07) is 0.671. The second-order valence-electron chi connectivity index (χ2n) is 4.87. The first-order chi connectivity index (χ1) is 8.66. The van der Waals surface area contributed by atoms with E-state index in [0.717, 1.165) is 25.9 Å². The van der Waals surface area contributed by atoms with Crippen LogP contribution in [0.3, 0.4) is 0 Å². The molecule has 0 radical (unpaired) electrons. The standard InChI is InChI=1S/C11H19I2N3O2/c12-16(13)18-11(17)15-8-4-10(5-9-15)14-6-2-1-3-7-14/h10H,1-9H2. The van der Waals surface area contributed by atoms with E-state index in [4.69, 9.17) is 4.84 Å². The summed E-state index contributed by atoms with van der Waals surface area (Å²) in [5.41, 5.74) is 0. The summed E-state index contributed by atoms with van der Waals surface area (Å²) < 4.78 is 1.40. The second-order valence-corrected chi connectivity index (χ2v) is 8.47. The quantitative estimate of drug-likeness (QED) is 0.347. The number of halogens is 2. The highest BCUT2D eigenvalue weighted by molar-refractivity contribution is 14.2. The van der Waals surface area contributed by atoms with Gasteiger partial charge in [0.15, 0.2) is 0 Å². The molecule has 0 N–H and O–H groups in total. The van der Waals surface area contributed by atoms with Crippen LogP contribution in [0, 0.1) is 0 Å². The Hall–Kier alpha value is 0.650. The van der Waals surface area contributed by atoms with Gasteiger partial charge in [0.25, 0.3) is 0 Å². The van der Waals surface area contributed by atoms with Gasteiger partial charge in [-0.2, -0.15) is 0 Å². The van der Waals surface area contributed by atoms with E-state index in [2.05, 4.69) is 4.90 Å². The molecule has 2 fully saturated rings. The van der Waals surface area contributed by atoms with Crippen molar-refractivity contribution in [3.8, 4) is 0 Å². The molecule has 0 aromatic carbocycles. The molecular formula is C11H19I2N3O2. The summed E-state index contributed by atoms with van der Waals surface area (Å²) in [6.45, 7) is 4.12. The van der Waals surface area contributed by atoms with Gasteiger partial charge in [-0.05, 0) is 40.3 Å². The van der Waals surface area contributed by atoms with E-state index in [0.29, 0.717) is 6.04 Å². The fraction of sp³-hybridized carbons (Fsp3) is 0.909. The van der Waals surface area contributed by atoms with Crippen molar-refractivity contribution in [3.05, 3.63) is 0 Å². The van der Waals surface area contributed by atoms with Gasteiger partial charge >= 0.3 is 6.09 Å². The Bertz CT molecular complexity index is 277. The molecule has 0 atom stereocenters. The third-order valence-electron chi connectivity index (χ3n) is 3.78. The molecule has 0 aromatic heterocycles. The predicted octanol–water partition coefficient (Wildman–Crippen LogP) is 2.99. The first-order valence-corrected chi connectivity index (χ1v) is 8.42. The number of nitrogens with zero attached hydrogens (tertiary/aromatic N) is 3. The van der Waals surface area contributed by atoms with Crippen LogP contribution in [0.15, 0.2) is 0 Å². The molecule has 0 bridgehead atoms. The molecule has 0 spiro atoms. The molecule has 7 heteroatoms. The van der Waals surface area contributed by atoms with Crippen LogP contribution in [-0.4, -0.2) is 49.6 Å². The average molecular weight is 479 g/mol. The number of carbonyl (C=O) groups excluding carboxylic acids is 1. The minimum atomic E-state index is -0.226. The van der Waals surface area contributed by atoms with Crippen LogP contribution < -0.4 is 0 Å². The smallest absolute Gasteiger partial charge is 0.331 e. The molecule has 0 aliphatic carbocycles. The zero-order valence-electron chi connectivity index (χ0n) is 10.4. The summed E-state index contributed by atoms with van der Waals surface area (Å²) in [7, 11) is 0. The molecule has 0 aromatic rings. The number of likely N-dealkylation sites (tertiary alicyclic amines) is 2. The maximum absolute atomic E-state index is 11.7. The Morgan fingerprint density at radius 3 is 2.22 bits per heavy atom. The molecule has 18 heavy (non-hydrogen) atoms. The molecule has 2 rings (SSSR count). The minimum absolute atomic E-state index is 0.226. The van der Waals surface area contributed by atoms with Crippen molar-refractivity contribution in [2.45, 2.75) is 38.1 Å². The topological polar surface area (TPSA) is 36.0 Å². The van der Waals surface area contributed by atoms with Crippen LogP contribution in [0.2, 0.25) is 0 Å². The SMILES string of the molecule is O=C(ON(I)I)N1CCC(N2CCCCC2)CC1. The number of hydrogen-bond donors (Lipinski definition) is 0. The van der Waals surface area contributed by atoms with E-state index < -0.39 is 0 Å². The lowest BCUT2D eigenvalue weighted by Crippen LogP contribution is -2.48. The molecular weight excluding hydrogens is 460 g/mol. The van der Waals surface area contributed by atoms with E-state index in [1.165, 1.54) is 33.8 Å². The van der Waals surface area contributed by atoms with E-state index >= 15 is 0 Å². The number of hydrogen-bond acceptors (Lipinski definition) is 4. The molecule has 2 aliphatic heterocycles. The Morgan fingerprint density at radius 1 is 1.06 bits per heavy atom. The maximum Gasteiger partial charge on any atom is 0.430 e. The van der Waals surface area contributed by atoms with Gasteiger partial charge in [-0.25, -0.2) is 4.79 Å². The van der Waals surface area contributed by atoms with Gasteiger partial charge in [-0.15, -0.1) is 0 Å². The van der Waals surface area contributed by atoms with E-state index in [1.807, 2.05) is 50.6 Å². The Labute approximate surface area is 136 Å². The number of rotatable bonds is 2. The van der Waals surface area contributed by atoms with E-state index in [1.54, 1.807) is 0 Å². The molecule has 2 heterocycles. The summed E-state index contributed by atoms with van der Waals surface area (Å²) in [5, 5.41) is 0. The second kappa shape index (κ2) is 7.44. The number of amides is 1. The highest BCUT2D eigenvalue weighted by Crippen LogP contribution is 2.21. The summed E-state index contributed by atoms with van der Waals surface area (Å²) in [4.78, 5) is 21.2. The third-order valence-corrected chi connectivity index (χ3v) is 4.17. The van der Waals surface area contributed by atoms with Crippen molar-refractivity contribution < 1.29 is 9.63 Å². The van der Waals surface area contributed by atoms with E-state index in [9.17, 15) is 4.79 Å². The van der Waals surface area contributed by atoms with Crippen molar-refractivity contribution in [1.82, 2.24) is 11.3 Å². The molecule has 2 saturated heterocycles. The Kier molecular flexibility index (Phi) is 6.22. The van der Waals surface area contributed by atoms with Crippen LogP contribution in [0.4, 0.5) is 4.79 Å². The van der Waals surface area contributed by atoms with Gasteiger partial charge in [0.1, 0.15) is 0 Å². The zero-order chi connectivity index (χ0) is 13.0. The fourth-order valence-electron chi connectivity index (χ4n) is 2.81. The van der Waals surface area contributed by atoms with Crippen LogP contribution in [0.5, 0.6) is 0 Å². The largest absolute Gasteiger partial charge is 0.430 e. The zero-order valence-corrected chi connectivity index (χ0v) is 14.7. The van der Waals surface area contributed by atoms with Crippen molar-refractivity contribution in [3.63, 3.8) is 0 Å². The lowest BCUT2D eigenvalue weighted by Gasteiger charge is -2.39. The van der Waals surface area contributed by atoms with Gasteiger partial charge in [-0.1, -0.05) is 6.42 Å². The van der Waals surface area contributed by atoms with Gasteiger partial charge in [0.05, 0.1) is 45.7 Å². The van der Waals surface area contributed by atoms with Gasteiger partial charge in [0, 0.05) is 19.1 Å². The van der Waals surface area contributed by atoms with Gasteiger partial charge in [-0.3, -0.25) is 0 Å². The highest BCUT2D eigenvalue weighted by Gasteiger charge is 2.28. The Morgan fingerprint density at radius 2 is 1.67 bits per heavy atom. The molecule has 104 valence electrons. The first-order valence-electron chi connectivity index (χ1n) is 6.49. The van der Waals surface area contributed by atoms with Gasteiger partial charge in [0.2, 0.25) is 0 Å². The maximum atomic E-state index is 11.7. The molecule has 2 aliphatic rings. The van der Waals surface area contributed by atoms with Crippen LogP contribution in [0.1, 0.15) is 32.1 Å². The van der Waals surface area contributed by atoms with Crippen molar-refractivity contribution in [2.24, 2.45) is 0 Å². The van der Waals surface area contributed by atoms with Crippen molar-refractivity contribution in [2.75, 3.05) is 26.2 Å². The first kappa shape index (κ1) is 15.0. The third kappa shape index (κ3) is 4.34. The van der Waals surface area contributed by atoms with Crippen molar-refractivity contribution in [1.29, 1.82) is 0 Å². The molecule has 5 nitrogen and oxygen atoms in total. The predicted molar refractivity (Wildman–Crippen MR) is 86.4 cm³/mol. The number of carbonyl (C=O) groups is 1. The summed E-state index contributed by atoms with van der Waals surface area (Å²) in [5.74, 6) is 0. The normalized spacial score (nSPS) is 23.4.